The smallest absolute Gasteiger partial charge is 0.302 e. The maximum Gasteiger partial charge on any atom is 0.302 e. The van der Waals surface area contributed by atoms with E-state index in [1.165, 1.54) is 13.8 Å². The lowest BCUT2D eigenvalue weighted by molar-refractivity contribution is -0.386. The minimum absolute atomic E-state index is 0.0584. The fourth-order valence-corrected chi connectivity index (χ4v) is 3.22. The summed E-state index contributed by atoms with van der Waals surface area (Å²) >= 11 is 0. The first kappa shape index (κ1) is 27.3. The van der Waals surface area contributed by atoms with E-state index in [1.54, 1.807) is 4.90 Å². The van der Waals surface area contributed by atoms with Gasteiger partial charge in [0.1, 0.15) is 12.2 Å². The Morgan fingerprint density at radius 3 is 2.50 bits per heavy atom. The number of hydrogen-bond donors (Lipinski definition) is 1. The van der Waals surface area contributed by atoms with Gasteiger partial charge in [-0.3, -0.25) is 19.7 Å². The first-order chi connectivity index (χ1) is 15.2. The summed E-state index contributed by atoms with van der Waals surface area (Å²) in [6.07, 6.45) is 3.04. The molecule has 0 aliphatic rings. The van der Waals surface area contributed by atoms with Crippen LogP contribution in [0.4, 0.5) is 10.1 Å². The van der Waals surface area contributed by atoms with E-state index in [4.69, 9.17) is 9.47 Å². The van der Waals surface area contributed by atoms with Gasteiger partial charge in [-0.15, -0.1) is 0 Å². The first-order valence-electron chi connectivity index (χ1n) is 10.9. The Kier molecular flexibility index (Phi) is 12.2. The number of nitrogens with zero attached hydrogens (tertiary/aromatic N) is 2. The minimum Gasteiger partial charge on any atom is -0.490 e. The van der Waals surface area contributed by atoms with Crippen molar-refractivity contribution in [2.45, 2.75) is 65.4 Å². The number of aliphatic hydroxyl groups is 1. The van der Waals surface area contributed by atoms with Crippen molar-refractivity contribution in [3.05, 3.63) is 33.6 Å². The topological polar surface area (TPSA) is 119 Å². The first-order valence-corrected chi connectivity index (χ1v) is 10.9. The zero-order valence-electron chi connectivity index (χ0n) is 19.0. The molecule has 9 nitrogen and oxygen atoms in total. The molecule has 0 radical (unpaired) electrons. The van der Waals surface area contributed by atoms with Crippen LogP contribution in [0.15, 0.2) is 12.1 Å². The zero-order chi connectivity index (χ0) is 24.1. The average Bonchev–Trinajstić information content (AvgIpc) is 2.72. The summed E-state index contributed by atoms with van der Waals surface area (Å²) in [6.45, 7) is 5.58. The third-order valence-corrected chi connectivity index (χ3v) is 4.82. The SMILES string of the molecule is CCCCCCN(CCOC(C)=O)C(=O)CCCOc1c(F)ccc([N+](=O)[O-])c1C(C)O. The number of ether oxygens (including phenoxy) is 2. The summed E-state index contributed by atoms with van der Waals surface area (Å²) in [5.74, 6) is -1.76. The van der Waals surface area contributed by atoms with Gasteiger partial charge in [0.15, 0.2) is 11.6 Å². The van der Waals surface area contributed by atoms with Gasteiger partial charge in [-0.1, -0.05) is 26.2 Å². The van der Waals surface area contributed by atoms with Crippen LogP contribution in [0, 0.1) is 15.9 Å². The Balaban J connectivity index is 2.69. The summed E-state index contributed by atoms with van der Waals surface area (Å²) in [4.78, 5) is 35.7. The molecule has 1 unspecified atom stereocenters. The van der Waals surface area contributed by atoms with Gasteiger partial charge in [0, 0.05) is 26.0 Å². The predicted molar refractivity (Wildman–Crippen MR) is 116 cm³/mol. The molecule has 32 heavy (non-hydrogen) atoms. The summed E-state index contributed by atoms with van der Waals surface area (Å²) in [5, 5.41) is 21.0. The molecule has 1 aromatic rings. The molecule has 0 fully saturated rings. The van der Waals surface area contributed by atoms with Gasteiger partial charge in [0.05, 0.1) is 24.2 Å². The van der Waals surface area contributed by atoms with Crippen LogP contribution in [0.5, 0.6) is 5.75 Å². The number of benzene rings is 1. The van der Waals surface area contributed by atoms with Crippen molar-refractivity contribution in [3.63, 3.8) is 0 Å². The summed E-state index contributed by atoms with van der Waals surface area (Å²) in [6, 6.07) is 1.89. The molecule has 1 amide bonds. The van der Waals surface area contributed by atoms with Crippen molar-refractivity contribution in [1.82, 2.24) is 4.90 Å². The molecule has 1 rings (SSSR count). The number of carbonyl (C=O) groups is 2. The fourth-order valence-electron chi connectivity index (χ4n) is 3.22. The summed E-state index contributed by atoms with van der Waals surface area (Å²) in [5.41, 5.74) is -0.670. The molecule has 0 aliphatic carbocycles. The van der Waals surface area contributed by atoms with Crippen LogP contribution in [0.1, 0.15) is 71.0 Å². The van der Waals surface area contributed by atoms with Gasteiger partial charge in [-0.05, 0) is 25.8 Å². The van der Waals surface area contributed by atoms with Crippen LogP contribution in [-0.4, -0.2) is 53.1 Å². The van der Waals surface area contributed by atoms with Crippen molar-refractivity contribution in [2.75, 3.05) is 26.3 Å². The predicted octanol–water partition coefficient (Wildman–Crippen LogP) is 3.92. The molecular formula is C22H33FN2O7. The minimum atomic E-state index is -1.30. The fraction of sp³-hybridized carbons (Fsp3) is 0.636. The van der Waals surface area contributed by atoms with Crippen LogP contribution in [0.2, 0.25) is 0 Å². The molecule has 10 heteroatoms. The molecule has 0 heterocycles. The monoisotopic (exact) mass is 456 g/mol. The molecule has 0 aromatic heterocycles. The average molecular weight is 457 g/mol. The van der Waals surface area contributed by atoms with E-state index in [2.05, 4.69) is 6.92 Å². The molecule has 0 saturated carbocycles. The molecule has 1 aromatic carbocycles. The highest BCUT2D eigenvalue weighted by Crippen LogP contribution is 2.36. The lowest BCUT2D eigenvalue weighted by Gasteiger charge is -2.23. The number of halogens is 1. The van der Waals surface area contributed by atoms with Crippen molar-refractivity contribution < 1.29 is 33.5 Å². The Hall–Kier alpha value is -2.75. The van der Waals surface area contributed by atoms with Gasteiger partial charge in [0.25, 0.3) is 5.69 Å². The van der Waals surface area contributed by atoms with Gasteiger partial charge >= 0.3 is 5.97 Å². The Morgan fingerprint density at radius 2 is 1.91 bits per heavy atom. The van der Waals surface area contributed by atoms with E-state index >= 15 is 0 Å². The van der Waals surface area contributed by atoms with E-state index in [9.17, 15) is 29.2 Å². The largest absolute Gasteiger partial charge is 0.490 e. The number of nitro groups is 1. The van der Waals surface area contributed by atoms with Crippen LogP contribution in [0.25, 0.3) is 0 Å². The van der Waals surface area contributed by atoms with Crippen molar-refractivity contribution >= 4 is 17.6 Å². The maximum absolute atomic E-state index is 14.2. The quantitative estimate of drug-likeness (QED) is 0.184. The van der Waals surface area contributed by atoms with Crippen LogP contribution >= 0.6 is 0 Å². The van der Waals surface area contributed by atoms with E-state index in [0.29, 0.717) is 6.54 Å². The van der Waals surface area contributed by atoms with Gasteiger partial charge in [-0.2, -0.15) is 0 Å². The highest BCUT2D eigenvalue weighted by Gasteiger charge is 2.26. The Bertz CT molecular complexity index is 771. The lowest BCUT2D eigenvalue weighted by atomic mass is 10.1. The van der Waals surface area contributed by atoms with E-state index in [-0.39, 0.29) is 49.8 Å². The van der Waals surface area contributed by atoms with Crippen LogP contribution in [-0.2, 0) is 14.3 Å². The number of hydrogen-bond acceptors (Lipinski definition) is 7. The second kappa shape index (κ2) is 14.3. The molecular weight excluding hydrogens is 423 g/mol. The second-order valence-corrected chi connectivity index (χ2v) is 7.48. The summed E-state index contributed by atoms with van der Waals surface area (Å²) < 4.78 is 24.5. The van der Waals surface area contributed by atoms with Gasteiger partial charge in [0.2, 0.25) is 5.91 Å². The highest BCUT2D eigenvalue weighted by atomic mass is 19.1. The van der Waals surface area contributed by atoms with Crippen LogP contribution < -0.4 is 4.74 Å². The number of amides is 1. The Morgan fingerprint density at radius 1 is 1.19 bits per heavy atom. The molecule has 0 bridgehead atoms. The maximum atomic E-state index is 14.2. The van der Waals surface area contributed by atoms with Crippen molar-refractivity contribution in [2.24, 2.45) is 0 Å². The third kappa shape index (κ3) is 9.17. The van der Waals surface area contributed by atoms with Crippen LogP contribution in [0.3, 0.4) is 0 Å². The molecule has 1 atom stereocenters. The highest BCUT2D eigenvalue weighted by molar-refractivity contribution is 5.76. The lowest BCUT2D eigenvalue weighted by Crippen LogP contribution is -2.35. The van der Waals surface area contributed by atoms with Gasteiger partial charge < -0.3 is 19.5 Å². The zero-order valence-corrected chi connectivity index (χ0v) is 19.0. The third-order valence-electron chi connectivity index (χ3n) is 4.82. The van der Waals surface area contributed by atoms with E-state index in [1.807, 2.05) is 0 Å². The number of esters is 1. The Labute approximate surface area is 187 Å². The number of aliphatic hydroxyl groups excluding tert-OH is 1. The molecule has 1 N–H and O–H groups in total. The van der Waals surface area contributed by atoms with Gasteiger partial charge in [-0.25, -0.2) is 4.39 Å². The van der Waals surface area contributed by atoms with E-state index < -0.39 is 28.5 Å². The number of rotatable bonds is 15. The standard InChI is InChI=1S/C22H33FN2O7/c1-4-5-6-7-12-24(13-15-31-17(3)27)20(28)9-8-14-32-22-18(23)10-11-19(25(29)30)21(22)16(2)26/h10-11,16,26H,4-9,12-15H2,1-3H3. The number of carbonyl (C=O) groups excluding carboxylic acids is 2. The molecule has 0 aliphatic heterocycles. The normalized spacial score (nSPS) is 11.7. The number of unbranched alkanes of at least 4 members (excludes halogenated alkanes) is 3. The van der Waals surface area contributed by atoms with Crippen molar-refractivity contribution in [3.8, 4) is 5.75 Å². The molecule has 180 valence electrons. The summed E-state index contributed by atoms with van der Waals surface area (Å²) in [7, 11) is 0. The van der Waals surface area contributed by atoms with E-state index in [0.717, 1.165) is 37.8 Å². The second-order valence-electron chi connectivity index (χ2n) is 7.48. The van der Waals surface area contributed by atoms with Crippen molar-refractivity contribution in [1.29, 1.82) is 0 Å². The molecule has 0 saturated heterocycles. The molecule has 0 spiro atoms. The number of nitro benzene ring substituents is 1.